The second kappa shape index (κ2) is 6.97. The zero-order valence-corrected chi connectivity index (χ0v) is 14.1. The number of nitrogens with zero attached hydrogens (tertiary/aromatic N) is 1. The Kier molecular flexibility index (Phi) is 4.76. The van der Waals surface area contributed by atoms with Gasteiger partial charge in [0.15, 0.2) is 6.10 Å². The topological polar surface area (TPSA) is 72.6 Å². The lowest BCUT2D eigenvalue weighted by atomic mass is 10.2. The lowest BCUT2D eigenvalue weighted by Gasteiger charge is -2.32. The van der Waals surface area contributed by atoms with Gasteiger partial charge in [-0.25, -0.2) is 0 Å². The summed E-state index contributed by atoms with van der Waals surface area (Å²) in [6, 6.07) is 16.2. The summed E-state index contributed by atoms with van der Waals surface area (Å²) in [5, 5.41) is 0. The number of carbonyl (C=O) groups is 2. The Labute approximate surface area is 144 Å². The van der Waals surface area contributed by atoms with E-state index in [9.17, 15) is 9.59 Å². The minimum absolute atomic E-state index is 0.172. The molecule has 0 saturated carbocycles. The second-order valence-corrected chi connectivity index (χ2v) is 6.56. The van der Waals surface area contributed by atoms with Gasteiger partial charge in [-0.2, -0.15) is 0 Å². The summed E-state index contributed by atoms with van der Waals surface area (Å²) in [6.45, 7) is 1.95. The first-order chi connectivity index (χ1) is 11.6. The van der Waals surface area contributed by atoms with Crippen molar-refractivity contribution in [3.8, 4) is 0 Å². The minimum Gasteiger partial charge on any atom is -0.453 e. The first-order valence-electron chi connectivity index (χ1n) is 7.68. The Morgan fingerprint density at radius 2 is 1.62 bits per heavy atom. The van der Waals surface area contributed by atoms with Crippen molar-refractivity contribution in [1.29, 1.82) is 0 Å². The predicted molar refractivity (Wildman–Crippen MR) is 93.4 cm³/mol. The third-order valence-electron chi connectivity index (χ3n) is 3.78. The van der Waals surface area contributed by atoms with E-state index in [1.54, 1.807) is 11.8 Å². The average Bonchev–Trinajstić information content (AvgIpc) is 2.58. The molecule has 1 aliphatic heterocycles. The highest BCUT2D eigenvalue weighted by molar-refractivity contribution is 7.99. The van der Waals surface area contributed by atoms with E-state index in [4.69, 9.17) is 10.5 Å². The average molecular weight is 342 g/mol. The summed E-state index contributed by atoms with van der Waals surface area (Å²) in [7, 11) is 0. The summed E-state index contributed by atoms with van der Waals surface area (Å²) in [5.41, 5.74) is 7.25. The molecule has 0 aliphatic carbocycles. The number of hydrogen-bond acceptors (Lipinski definition) is 5. The highest BCUT2D eigenvalue weighted by atomic mass is 32.2. The molecule has 1 aliphatic rings. The molecule has 2 aromatic carbocycles. The van der Waals surface area contributed by atoms with E-state index < -0.39 is 18.0 Å². The van der Waals surface area contributed by atoms with Crippen molar-refractivity contribution >= 4 is 35.0 Å². The number of anilines is 2. The van der Waals surface area contributed by atoms with Gasteiger partial charge in [-0.05, 0) is 31.2 Å². The predicted octanol–water partition coefficient (Wildman–Crippen LogP) is 3.10. The largest absolute Gasteiger partial charge is 0.453 e. The van der Waals surface area contributed by atoms with Gasteiger partial charge < -0.3 is 15.4 Å². The standard InChI is InChI=1S/C18H18N2O3S/c1-12(18(19)22)23-17(21)10-11-20-13-6-2-4-8-15(13)24-16-9-5-3-7-14(16)20/h2-9,12H,10-11H2,1H3,(H2,19,22)/t12-/m1/s1. The van der Waals surface area contributed by atoms with Crippen LogP contribution in [-0.4, -0.2) is 24.5 Å². The maximum atomic E-state index is 12.0. The Hall–Kier alpha value is -2.47. The number of esters is 1. The zero-order chi connectivity index (χ0) is 17.1. The molecule has 0 unspecified atom stereocenters. The maximum Gasteiger partial charge on any atom is 0.308 e. The van der Waals surface area contributed by atoms with Gasteiger partial charge in [-0.3, -0.25) is 9.59 Å². The SMILES string of the molecule is C[C@@H](OC(=O)CCN1c2ccccc2Sc2ccccc21)C(N)=O. The molecule has 3 rings (SSSR count). The fraction of sp³-hybridized carbons (Fsp3) is 0.222. The van der Waals surface area contributed by atoms with Crippen molar-refractivity contribution in [2.75, 3.05) is 11.4 Å². The Morgan fingerprint density at radius 1 is 1.08 bits per heavy atom. The number of amides is 1. The van der Waals surface area contributed by atoms with Crippen molar-refractivity contribution in [2.24, 2.45) is 5.73 Å². The fourth-order valence-electron chi connectivity index (χ4n) is 2.54. The molecule has 0 saturated heterocycles. The Balaban J connectivity index is 1.78. The highest BCUT2D eigenvalue weighted by Gasteiger charge is 2.24. The van der Waals surface area contributed by atoms with E-state index in [2.05, 4.69) is 17.0 Å². The molecule has 0 radical (unpaired) electrons. The van der Waals surface area contributed by atoms with Crippen LogP contribution in [-0.2, 0) is 14.3 Å². The third-order valence-corrected chi connectivity index (χ3v) is 4.91. The van der Waals surface area contributed by atoms with Crippen LogP contribution in [0, 0.1) is 0 Å². The van der Waals surface area contributed by atoms with Crippen molar-refractivity contribution < 1.29 is 14.3 Å². The zero-order valence-electron chi connectivity index (χ0n) is 13.3. The molecule has 2 aromatic rings. The van der Waals surface area contributed by atoms with Crippen LogP contribution in [0.5, 0.6) is 0 Å². The van der Waals surface area contributed by atoms with Gasteiger partial charge in [-0.1, -0.05) is 36.0 Å². The first-order valence-corrected chi connectivity index (χ1v) is 8.50. The molecular weight excluding hydrogens is 324 g/mol. The number of nitrogens with two attached hydrogens (primary N) is 1. The van der Waals surface area contributed by atoms with Crippen LogP contribution < -0.4 is 10.6 Å². The number of fused-ring (bicyclic) bond motifs is 2. The Bertz CT molecular complexity index is 733. The van der Waals surface area contributed by atoms with Crippen LogP contribution in [0.4, 0.5) is 11.4 Å². The first kappa shape index (κ1) is 16.4. The van der Waals surface area contributed by atoms with Crippen molar-refractivity contribution in [2.45, 2.75) is 29.2 Å². The van der Waals surface area contributed by atoms with Gasteiger partial charge in [0.2, 0.25) is 0 Å². The highest BCUT2D eigenvalue weighted by Crippen LogP contribution is 2.47. The molecule has 5 nitrogen and oxygen atoms in total. The van der Waals surface area contributed by atoms with E-state index in [0.717, 1.165) is 21.2 Å². The van der Waals surface area contributed by atoms with Crippen LogP contribution in [0.25, 0.3) is 0 Å². The lowest BCUT2D eigenvalue weighted by molar-refractivity contribution is -0.153. The van der Waals surface area contributed by atoms with Gasteiger partial charge in [0, 0.05) is 16.3 Å². The Morgan fingerprint density at radius 3 is 2.17 bits per heavy atom. The van der Waals surface area contributed by atoms with E-state index >= 15 is 0 Å². The van der Waals surface area contributed by atoms with Crippen molar-refractivity contribution in [1.82, 2.24) is 0 Å². The van der Waals surface area contributed by atoms with E-state index in [0.29, 0.717) is 6.54 Å². The molecule has 1 atom stereocenters. The lowest BCUT2D eigenvalue weighted by Crippen LogP contribution is -2.32. The van der Waals surface area contributed by atoms with Gasteiger partial charge in [0.25, 0.3) is 5.91 Å². The molecule has 24 heavy (non-hydrogen) atoms. The molecular formula is C18H18N2O3S. The van der Waals surface area contributed by atoms with Crippen molar-refractivity contribution in [3.63, 3.8) is 0 Å². The number of rotatable bonds is 5. The van der Waals surface area contributed by atoms with Crippen molar-refractivity contribution in [3.05, 3.63) is 48.5 Å². The van der Waals surface area contributed by atoms with E-state index in [1.165, 1.54) is 6.92 Å². The maximum absolute atomic E-state index is 12.0. The molecule has 2 N–H and O–H groups in total. The molecule has 124 valence electrons. The summed E-state index contributed by atoms with van der Waals surface area (Å²) >= 11 is 1.72. The van der Waals surface area contributed by atoms with Gasteiger partial charge >= 0.3 is 5.97 Å². The smallest absolute Gasteiger partial charge is 0.308 e. The number of para-hydroxylation sites is 2. The normalized spacial score (nSPS) is 13.6. The summed E-state index contributed by atoms with van der Waals surface area (Å²) in [6.07, 6.45) is -0.737. The van der Waals surface area contributed by atoms with Gasteiger partial charge in [0.05, 0.1) is 17.8 Å². The van der Waals surface area contributed by atoms with E-state index in [1.807, 2.05) is 36.4 Å². The number of carbonyl (C=O) groups excluding carboxylic acids is 2. The molecule has 6 heteroatoms. The molecule has 0 spiro atoms. The van der Waals surface area contributed by atoms with Crippen LogP contribution in [0.2, 0.25) is 0 Å². The quantitative estimate of drug-likeness (QED) is 0.845. The van der Waals surface area contributed by atoms with Crippen LogP contribution in [0.15, 0.2) is 58.3 Å². The monoisotopic (exact) mass is 342 g/mol. The van der Waals surface area contributed by atoms with Crippen LogP contribution >= 0.6 is 11.8 Å². The summed E-state index contributed by atoms with van der Waals surface area (Å²) in [5.74, 6) is -1.08. The molecule has 0 bridgehead atoms. The number of benzene rings is 2. The van der Waals surface area contributed by atoms with Gasteiger partial charge in [0.1, 0.15) is 0 Å². The van der Waals surface area contributed by atoms with E-state index in [-0.39, 0.29) is 6.42 Å². The van der Waals surface area contributed by atoms with Crippen LogP contribution in [0.3, 0.4) is 0 Å². The number of hydrogen-bond donors (Lipinski definition) is 1. The number of primary amides is 1. The summed E-state index contributed by atoms with van der Waals surface area (Å²) in [4.78, 5) is 27.4. The second-order valence-electron chi connectivity index (χ2n) is 5.47. The molecule has 1 heterocycles. The third kappa shape index (κ3) is 3.38. The number of ether oxygens (including phenoxy) is 1. The molecule has 0 fully saturated rings. The van der Waals surface area contributed by atoms with Gasteiger partial charge in [-0.15, -0.1) is 0 Å². The molecule has 1 amide bonds. The van der Waals surface area contributed by atoms with Crippen LogP contribution in [0.1, 0.15) is 13.3 Å². The minimum atomic E-state index is -0.908. The summed E-state index contributed by atoms with van der Waals surface area (Å²) < 4.78 is 5.03. The fourth-order valence-corrected chi connectivity index (χ4v) is 3.64. The molecule has 0 aromatic heterocycles.